The van der Waals surface area contributed by atoms with E-state index in [0.717, 1.165) is 0 Å². The third-order valence-corrected chi connectivity index (χ3v) is 4.57. The van der Waals surface area contributed by atoms with Gasteiger partial charge in [0.2, 0.25) is 0 Å². The summed E-state index contributed by atoms with van der Waals surface area (Å²) < 4.78 is 0. The van der Waals surface area contributed by atoms with Gasteiger partial charge in [0, 0.05) is 0 Å². The van der Waals surface area contributed by atoms with Crippen LogP contribution in [0.1, 0.15) is 46.5 Å². The van der Waals surface area contributed by atoms with E-state index in [1.807, 2.05) is 6.92 Å². The topological polar surface area (TPSA) is 0 Å². The first-order valence-corrected chi connectivity index (χ1v) is 9.78. The van der Waals surface area contributed by atoms with Crippen LogP contribution in [0.3, 0.4) is 0 Å². The van der Waals surface area contributed by atoms with Crippen LogP contribution in [0.2, 0.25) is 6.04 Å². The van der Waals surface area contributed by atoms with Crippen molar-refractivity contribution in [2.45, 2.75) is 52.5 Å². The maximum atomic E-state index is 5.39. The minimum Gasteiger partial charge on any atom is -0.126 e. The highest BCUT2D eigenvalue weighted by Gasteiger charge is 2.20. The van der Waals surface area contributed by atoms with Gasteiger partial charge in [0.15, 0.2) is 0 Å². The molecule has 0 aromatic rings. The molecule has 0 amide bonds. The molecule has 76 valence electrons. The van der Waals surface area contributed by atoms with Crippen molar-refractivity contribution in [3.05, 3.63) is 0 Å². The lowest BCUT2D eigenvalue weighted by Crippen LogP contribution is -2.04. The lowest BCUT2D eigenvalue weighted by Gasteiger charge is -1.98. The minimum atomic E-state index is -2.21. The highest BCUT2D eigenvalue weighted by atomic mass is 35.8. The molecular formula is C8H19Cl3Si. The van der Waals surface area contributed by atoms with Crippen molar-refractivity contribution >= 4 is 39.2 Å². The summed E-state index contributed by atoms with van der Waals surface area (Å²) in [5.41, 5.74) is 0. The van der Waals surface area contributed by atoms with Gasteiger partial charge in [0.25, 0.3) is 0 Å². The zero-order valence-electron chi connectivity index (χ0n) is 8.17. The Labute approximate surface area is 91.7 Å². The summed E-state index contributed by atoms with van der Waals surface area (Å²) in [7, 11) is 0. The van der Waals surface area contributed by atoms with Crippen LogP contribution in [0.25, 0.3) is 0 Å². The van der Waals surface area contributed by atoms with Gasteiger partial charge in [-0.1, -0.05) is 46.5 Å². The summed E-state index contributed by atoms with van der Waals surface area (Å²) in [5, 5.41) is 0. The molecule has 0 N–H and O–H groups in total. The Morgan fingerprint density at radius 3 is 1.17 bits per heavy atom. The van der Waals surface area contributed by atoms with E-state index in [-0.39, 0.29) is 0 Å². The van der Waals surface area contributed by atoms with Gasteiger partial charge < -0.3 is 0 Å². The Morgan fingerprint density at radius 2 is 1.08 bits per heavy atom. The normalized spacial score (nSPS) is 10.5. The number of unbranched alkanes of at least 4 members (excludes halogenated alkanes) is 3. The van der Waals surface area contributed by atoms with Crippen molar-refractivity contribution in [2.24, 2.45) is 0 Å². The molecule has 0 aliphatic rings. The highest BCUT2D eigenvalue weighted by molar-refractivity contribution is 7.64. The fourth-order valence-corrected chi connectivity index (χ4v) is 0.500. The van der Waals surface area contributed by atoms with Crippen LogP contribution in [-0.4, -0.2) is 6.00 Å². The fraction of sp³-hybridized carbons (Fsp3) is 1.00. The first-order chi connectivity index (χ1) is 5.47. The van der Waals surface area contributed by atoms with Crippen LogP contribution in [0.4, 0.5) is 0 Å². The van der Waals surface area contributed by atoms with E-state index < -0.39 is 6.00 Å². The second-order valence-electron chi connectivity index (χ2n) is 2.68. The summed E-state index contributed by atoms with van der Waals surface area (Å²) in [4.78, 5) is 0. The molecule has 12 heavy (non-hydrogen) atoms. The minimum absolute atomic E-state index is 0.706. The summed E-state index contributed by atoms with van der Waals surface area (Å²) in [6, 6.07) is -1.51. The molecular weight excluding hydrogens is 231 g/mol. The van der Waals surface area contributed by atoms with E-state index in [1.54, 1.807) is 0 Å². The standard InChI is InChI=1S/C6H14.C2H5Cl3Si/c1-3-5-6-4-2;1-2-6(3,4)5/h3-6H2,1-2H3;2H2,1H3. The molecule has 0 saturated heterocycles. The van der Waals surface area contributed by atoms with Gasteiger partial charge >= 0.3 is 6.00 Å². The zero-order valence-corrected chi connectivity index (χ0v) is 11.4. The van der Waals surface area contributed by atoms with E-state index in [0.29, 0.717) is 6.04 Å². The molecule has 0 aliphatic heterocycles. The van der Waals surface area contributed by atoms with Crippen molar-refractivity contribution in [3.8, 4) is 0 Å². The van der Waals surface area contributed by atoms with Gasteiger partial charge in [-0.3, -0.25) is 0 Å². The maximum absolute atomic E-state index is 5.39. The monoisotopic (exact) mass is 248 g/mol. The Balaban J connectivity index is 0. The highest BCUT2D eigenvalue weighted by Crippen LogP contribution is 2.23. The van der Waals surface area contributed by atoms with Crippen LogP contribution in [-0.2, 0) is 0 Å². The van der Waals surface area contributed by atoms with E-state index in [1.165, 1.54) is 25.7 Å². The Hall–Kier alpha value is 1.09. The predicted molar refractivity (Wildman–Crippen MR) is 63.6 cm³/mol. The van der Waals surface area contributed by atoms with Crippen molar-refractivity contribution in [3.63, 3.8) is 0 Å². The third kappa shape index (κ3) is 22.5. The van der Waals surface area contributed by atoms with Crippen LogP contribution in [0.5, 0.6) is 0 Å². The maximum Gasteiger partial charge on any atom is 0.341 e. The second-order valence-corrected chi connectivity index (χ2v) is 12.2. The average Bonchev–Trinajstić information content (AvgIpc) is 2.01. The molecule has 0 saturated carbocycles. The van der Waals surface area contributed by atoms with Crippen molar-refractivity contribution in [1.29, 1.82) is 0 Å². The van der Waals surface area contributed by atoms with Crippen molar-refractivity contribution < 1.29 is 0 Å². The Kier molecular flexibility index (Phi) is 13.2. The van der Waals surface area contributed by atoms with Gasteiger partial charge in [0.05, 0.1) is 0 Å². The summed E-state index contributed by atoms with van der Waals surface area (Å²) in [6.07, 6.45) is 5.54. The molecule has 0 atom stereocenters. The molecule has 0 spiro atoms. The molecule has 0 nitrogen and oxygen atoms in total. The fourth-order valence-electron chi connectivity index (χ4n) is 0.500. The Morgan fingerprint density at radius 1 is 0.833 bits per heavy atom. The largest absolute Gasteiger partial charge is 0.341 e. The van der Waals surface area contributed by atoms with Gasteiger partial charge in [-0.25, -0.2) is 0 Å². The van der Waals surface area contributed by atoms with Crippen LogP contribution in [0.15, 0.2) is 0 Å². The summed E-state index contributed by atoms with van der Waals surface area (Å²) >= 11 is 16.2. The molecule has 0 heterocycles. The smallest absolute Gasteiger partial charge is 0.126 e. The second kappa shape index (κ2) is 10.2. The Bertz CT molecular complexity index is 76.9. The first kappa shape index (κ1) is 15.6. The van der Waals surface area contributed by atoms with Crippen LogP contribution < -0.4 is 0 Å². The molecule has 0 rings (SSSR count). The third-order valence-electron chi connectivity index (χ3n) is 1.36. The zero-order chi connectivity index (χ0) is 10.0. The first-order valence-electron chi connectivity index (χ1n) is 4.54. The van der Waals surface area contributed by atoms with E-state index >= 15 is 0 Å². The van der Waals surface area contributed by atoms with Crippen LogP contribution >= 0.6 is 33.2 Å². The molecule has 0 fully saturated rings. The van der Waals surface area contributed by atoms with Crippen molar-refractivity contribution in [1.82, 2.24) is 0 Å². The SMILES string of the molecule is CCCCCC.CC[Si](Cl)(Cl)Cl. The quantitative estimate of drug-likeness (QED) is 0.363. The van der Waals surface area contributed by atoms with Gasteiger partial charge in [-0.05, 0) is 6.04 Å². The lowest BCUT2D eigenvalue weighted by molar-refractivity contribution is 0.702. The lowest BCUT2D eigenvalue weighted by atomic mass is 10.2. The van der Waals surface area contributed by atoms with E-state index in [4.69, 9.17) is 33.2 Å². The van der Waals surface area contributed by atoms with E-state index in [9.17, 15) is 0 Å². The van der Waals surface area contributed by atoms with Gasteiger partial charge in [0.1, 0.15) is 0 Å². The van der Waals surface area contributed by atoms with Gasteiger partial charge in [-0.2, -0.15) is 0 Å². The molecule has 4 heteroatoms. The summed E-state index contributed by atoms with van der Waals surface area (Å²) in [5.74, 6) is 0. The number of halogens is 3. The van der Waals surface area contributed by atoms with E-state index in [2.05, 4.69) is 13.8 Å². The predicted octanol–water partition coefficient (Wildman–Crippen LogP) is 5.25. The number of hydrogen-bond acceptors (Lipinski definition) is 0. The summed E-state index contributed by atoms with van der Waals surface area (Å²) in [6.45, 7) is 6.34. The van der Waals surface area contributed by atoms with Crippen molar-refractivity contribution in [2.75, 3.05) is 0 Å². The molecule has 0 unspecified atom stereocenters. The average molecular weight is 250 g/mol. The molecule has 0 aliphatic carbocycles. The van der Waals surface area contributed by atoms with Crippen LogP contribution in [0, 0.1) is 0 Å². The molecule has 0 bridgehead atoms. The number of hydrogen-bond donors (Lipinski definition) is 0. The molecule has 0 aromatic carbocycles. The molecule has 0 aromatic heterocycles. The molecule has 0 radical (unpaired) electrons. The van der Waals surface area contributed by atoms with Gasteiger partial charge in [-0.15, -0.1) is 33.2 Å². The number of rotatable bonds is 4.